The van der Waals surface area contributed by atoms with Gasteiger partial charge in [-0.3, -0.25) is 9.59 Å². The van der Waals surface area contributed by atoms with Crippen LogP contribution in [0.3, 0.4) is 0 Å². The highest BCUT2D eigenvalue weighted by Gasteiger charge is 2.24. The molecule has 0 aliphatic carbocycles. The second-order valence-corrected chi connectivity index (χ2v) is 7.16. The number of carbonyl (C=O) groups is 2. The highest BCUT2D eigenvalue weighted by molar-refractivity contribution is 9.11. The van der Waals surface area contributed by atoms with Crippen LogP contribution in [-0.2, 0) is 4.79 Å². The van der Waals surface area contributed by atoms with Crippen LogP contribution < -0.4 is 0 Å². The fourth-order valence-corrected chi connectivity index (χ4v) is 3.91. The third-order valence-corrected chi connectivity index (χ3v) is 4.69. The second-order valence-electron chi connectivity index (χ2n) is 5.33. The van der Waals surface area contributed by atoms with Crippen molar-refractivity contribution >= 4 is 43.7 Å². The topological polar surface area (TPSA) is 57.6 Å². The largest absolute Gasteiger partial charge is 0.481 e. The third-order valence-electron chi connectivity index (χ3n) is 3.78. The van der Waals surface area contributed by atoms with Gasteiger partial charge < -0.3 is 10.0 Å². The molecule has 0 aromatic heterocycles. The van der Waals surface area contributed by atoms with Crippen LogP contribution in [0.1, 0.15) is 36.0 Å². The van der Waals surface area contributed by atoms with Crippen molar-refractivity contribution in [3.8, 4) is 0 Å². The molecule has 0 radical (unpaired) electrons. The van der Waals surface area contributed by atoms with Crippen LogP contribution in [0, 0.1) is 5.92 Å². The van der Waals surface area contributed by atoms with E-state index in [9.17, 15) is 9.59 Å². The molecule has 114 valence electrons. The van der Waals surface area contributed by atoms with Crippen molar-refractivity contribution in [1.29, 1.82) is 0 Å². The van der Waals surface area contributed by atoms with Gasteiger partial charge in [0.05, 0.1) is 0 Å². The molecule has 4 nitrogen and oxygen atoms in total. The van der Waals surface area contributed by atoms with E-state index in [4.69, 9.17) is 5.11 Å². The summed E-state index contributed by atoms with van der Waals surface area (Å²) < 4.78 is 1.74. The van der Waals surface area contributed by atoms with E-state index in [0.717, 1.165) is 21.8 Å². The van der Waals surface area contributed by atoms with Crippen LogP contribution in [0.5, 0.6) is 0 Å². The Morgan fingerprint density at radius 3 is 2.24 bits per heavy atom. The Hall–Kier alpha value is -0.880. The molecule has 0 atom stereocenters. The quantitative estimate of drug-likeness (QED) is 0.805. The Balaban J connectivity index is 1.92. The van der Waals surface area contributed by atoms with E-state index in [0.29, 0.717) is 31.0 Å². The lowest BCUT2D eigenvalue weighted by molar-refractivity contribution is -0.137. The molecule has 1 aromatic rings. The summed E-state index contributed by atoms with van der Waals surface area (Å²) in [5, 5.41) is 8.71. The first-order valence-corrected chi connectivity index (χ1v) is 8.51. The number of nitrogens with zero attached hydrogens (tertiary/aromatic N) is 1. The van der Waals surface area contributed by atoms with Gasteiger partial charge in [0.15, 0.2) is 0 Å². The maximum atomic E-state index is 12.5. The molecule has 0 spiro atoms. The van der Waals surface area contributed by atoms with E-state index in [1.807, 2.05) is 23.1 Å². The van der Waals surface area contributed by atoms with Crippen LogP contribution in [-0.4, -0.2) is 35.0 Å². The molecule has 1 N–H and O–H groups in total. The number of rotatable bonds is 4. The highest BCUT2D eigenvalue weighted by Crippen LogP contribution is 2.25. The molecule has 0 saturated carbocycles. The molecule has 1 saturated heterocycles. The molecule has 1 amide bonds. The van der Waals surface area contributed by atoms with E-state index in [2.05, 4.69) is 31.9 Å². The summed E-state index contributed by atoms with van der Waals surface area (Å²) >= 11 is 6.79. The summed E-state index contributed by atoms with van der Waals surface area (Å²) in [6, 6.07) is 5.54. The predicted octanol–water partition coefficient (Wildman–Crippen LogP) is 3.93. The minimum atomic E-state index is -0.743. The summed E-state index contributed by atoms with van der Waals surface area (Å²) in [5.74, 6) is -0.291. The SMILES string of the molecule is O=C(O)CCC1CCN(C(=O)c2cc(Br)cc(Br)c2)CC1. The standard InChI is InChI=1S/C15H17Br2NO3/c16-12-7-11(8-13(17)9-12)15(21)18-5-3-10(4-6-18)1-2-14(19)20/h7-10H,1-6H2,(H,19,20). The average molecular weight is 419 g/mol. The molecule has 21 heavy (non-hydrogen) atoms. The monoisotopic (exact) mass is 417 g/mol. The number of likely N-dealkylation sites (tertiary alicyclic amines) is 1. The van der Waals surface area contributed by atoms with Crippen molar-refractivity contribution in [3.05, 3.63) is 32.7 Å². The minimum Gasteiger partial charge on any atom is -0.481 e. The van der Waals surface area contributed by atoms with Gasteiger partial charge in [0.1, 0.15) is 0 Å². The number of aliphatic carboxylic acids is 1. The van der Waals surface area contributed by atoms with Crippen molar-refractivity contribution in [1.82, 2.24) is 4.90 Å². The first kappa shape index (κ1) is 16.5. The smallest absolute Gasteiger partial charge is 0.303 e. The average Bonchev–Trinajstić information content (AvgIpc) is 2.44. The van der Waals surface area contributed by atoms with E-state index in [1.54, 1.807) is 0 Å². The molecular weight excluding hydrogens is 402 g/mol. The number of carboxylic acid groups (broad SMARTS) is 1. The Morgan fingerprint density at radius 2 is 1.71 bits per heavy atom. The Kier molecular flexibility index (Phi) is 5.81. The van der Waals surface area contributed by atoms with Gasteiger partial charge in [0.25, 0.3) is 5.91 Å². The first-order valence-electron chi connectivity index (χ1n) is 6.93. The number of benzene rings is 1. The van der Waals surface area contributed by atoms with Crippen LogP contribution in [0.15, 0.2) is 27.1 Å². The van der Waals surface area contributed by atoms with Gasteiger partial charge >= 0.3 is 5.97 Å². The molecule has 6 heteroatoms. The minimum absolute atomic E-state index is 0.0358. The molecule has 1 heterocycles. The molecule has 1 aliphatic heterocycles. The number of amides is 1. The zero-order chi connectivity index (χ0) is 15.4. The normalized spacial score (nSPS) is 16.0. The Bertz CT molecular complexity index is 519. The van der Waals surface area contributed by atoms with E-state index >= 15 is 0 Å². The maximum Gasteiger partial charge on any atom is 0.303 e. The van der Waals surface area contributed by atoms with Gasteiger partial charge in [-0.2, -0.15) is 0 Å². The van der Waals surface area contributed by atoms with Crippen LogP contribution >= 0.6 is 31.9 Å². The van der Waals surface area contributed by atoms with Gasteiger partial charge in [-0.05, 0) is 43.4 Å². The lowest BCUT2D eigenvalue weighted by Crippen LogP contribution is -2.38. The lowest BCUT2D eigenvalue weighted by atomic mass is 9.92. The van der Waals surface area contributed by atoms with Crippen LogP contribution in [0.25, 0.3) is 0 Å². The Labute approximate surface area is 140 Å². The number of piperidine rings is 1. The molecule has 1 fully saturated rings. The van der Waals surface area contributed by atoms with Crippen molar-refractivity contribution in [2.75, 3.05) is 13.1 Å². The molecular formula is C15H17Br2NO3. The van der Waals surface area contributed by atoms with E-state index in [1.165, 1.54) is 0 Å². The highest BCUT2D eigenvalue weighted by atomic mass is 79.9. The van der Waals surface area contributed by atoms with Crippen LogP contribution in [0.4, 0.5) is 0 Å². The van der Waals surface area contributed by atoms with Gasteiger partial charge in [0, 0.05) is 34.0 Å². The number of carbonyl (C=O) groups excluding carboxylic acids is 1. The Morgan fingerprint density at radius 1 is 1.14 bits per heavy atom. The molecule has 1 aliphatic rings. The van der Waals surface area contributed by atoms with Crippen molar-refractivity contribution in [2.24, 2.45) is 5.92 Å². The van der Waals surface area contributed by atoms with Gasteiger partial charge in [0.2, 0.25) is 0 Å². The summed E-state index contributed by atoms with van der Waals surface area (Å²) in [6.07, 6.45) is 2.69. The third kappa shape index (κ3) is 4.81. The van der Waals surface area contributed by atoms with Gasteiger partial charge in [-0.25, -0.2) is 0 Å². The second kappa shape index (κ2) is 7.40. The summed E-state index contributed by atoms with van der Waals surface area (Å²) in [6.45, 7) is 1.40. The predicted molar refractivity (Wildman–Crippen MR) is 87.3 cm³/mol. The van der Waals surface area contributed by atoms with Crippen molar-refractivity contribution in [2.45, 2.75) is 25.7 Å². The summed E-state index contributed by atoms with van der Waals surface area (Å²) in [4.78, 5) is 24.9. The summed E-state index contributed by atoms with van der Waals surface area (Å²) in [5.41, 5.74) is 0.667. The van der Waals surface area contributed by atoms with Crippen molar-refractivity contribution in [3.63, 3.8) is 0 Å². The number of halogens is 2. The molecule has 0 bridgehead atoms. The first-order chi connectivity index (χ1) is 9.95. The molecule has 0 unspecified atom stereocenters. The fraction of sp³-hybridized carbons (Fsp3) is 0.467. The van der Waals surface area contributed by atoms with Gasteiger partial charge in [-0.15, -0.1) is 0 Å². The van der Waals surface area contributed by atoms with Gasteiger partial charge in [-0.1, -0.05) is 31.9 Å². The number of carboxylic acids is 1. The lowest BCUT2D eigenvalue weighted by Gasteiger charge is -2.32. The van der Waals surface area contributed by atoms with E-state index in [-0.39, 0.29) is 12.3 Å². The summed E-state index contributed by atoms with van der Waals surface area (Å²) in [7, 11) is 0. The van der Waals surface area contributed by atoms with Crippen LogP contribution in [0.2, 0.25) is 0 Å². The number of hydrogen-bond donors (Lipinski definition) is 1. The molecule has 1 aromatic carbocycles. The fourth-order valence-electron chi connectivity index (χ4n) is 2.61. The zero-order valence-electron chi connectivity index (χ0n) is 11.5. The number of hydrogen-bond acceptors (Lipinski definition) is 2. The zero-order valence-corrected chi connectivity index (χ0v) is 14.7. The van der Waals surface area contributed by atoms with E-state index < -0.39 is 5.97 Å². The maximum absolute atomic E-state index is 12.5. The van der Waals surface area contributed by atoms with Crippen molar-refractivity contribution < 1.29 is 14.7 Å². The molecule has 2 rings (SSSR count).